The molecule has 4 rings (SSSR count). The molecule has 1 saturated carbocycles. The third-order valence-corrected chi connectivity index (χ3v) is 7.18. The standard InChI is InChI=1S/C28H32F3N7O5S/c1-17(2)43-26(40)32-14-15-44(41)38-22(39)19-6-10-21(11-7-19)33-23-34-24(36-25(35-23)42-16-28(29,30)31)37-27(12-13-27)20-8-4-18(3)5-9-20/h4-11,17H,12-16H2,1-3H3,(H,32,40)(H,38,39)(H2,33,34,35,36,37). The molecule has 44 heavy (non-hydrogen) atoms. The summed E-state index contributed by atoms with van der Waals surface area (Å²) in [6.07, 6.45) is -3.99. The molecule has 2 amide bonds. The van der Waals surface area contributed by atoms with Gasteiger partial charge in [0.2, 0.25) is 11.9 Å². The number of halogens is 3. The van der Waals surface area contributed by atoms with Gasteiger partial charge < -0.3 is 25.4 Å². The highest BCUT2D eigenvalue weighted by Crippen LogP contribution is 2.48. The van der Waals surface area contributed by atoms with Gasteiger partial charge in [-0.3, -0.25) is 9.52 Å². The maximum absolute atomic E-state index is 12.8. The maximum atomic E-state index is 12.8. The zero-order valence-electron chi connectivity index (χ0n) is 24.2. The van der Waals surface area contributed by atoms with Gasteiger partial charge in [0.1, 0.15) is 11.0 Å². The predicted octanol–water partition coefficient (Wildman–Crippen LogP) is 4.49. The lowest BCUT2D eigenvalue weighted by Crippen LogP contribution is -2.34. The van der Waals surface area contributed by atoms with E-state index in [0.717, 1.165) is 24.0 Å². The van der Waals surface area contributed by atoms with E-state index in [0.29, 0.717) is 5.69 Å². The predicted molar refractivity (Wildman–Crippen MR) is 157 cm³/mol. The summed E-state index contributed by atoms with van der Waals surface area (Å²) in [4.78, 5) is 36.3. The van der Waals surface area contributed by atoms with Crippen molar-refractivity contribution in [3.8, 4) is 6.01 Å². The van der Waals surface area contributed by atoms with Crippen LogP contribution in [0.4, 0.5) is 35.5 Å². The lowest BCUT2D eigenvalue weighted by Gasteiger charge is -2.19. The van der Waals surface area contributed by atoms with Gasteiger partial charge >= 0.3 is 18.3 Å². The van der Waals surface area contributed by atoms with E-state index in [2.05, 4.69) is 35.6 Å². The number of aryl methyl sites for hydroxylation is 1. The molecule has 3 aromatic rings. The Kier molecular flexibility index (Phi) is 10.2. The number of alkyl carbamates (subject to hydrolysis) is 1. The Bertz CT molecular complexity index is 1480. The molecule has 0 spiro atoms. The van der Waals surface area contributed by atoms with Gasteiger partial charge in [-0.05, 0) is 63.4 Å². The van der Waals surface area contributed by atoms with Crippen LogP contribution in [0.3, 0.4) is 0 Å². The van der Waals surface area contributed by atoms with Crippen molar-refractivity contribution in [1.29, 1.82) is 0 Å². The topological polar surface area (TPSA) is 156 Å². The first-order valence-electron chi connectivity index (χ1n) is 13.6. The van der Waals surface area contributed by atoms with Gasteiger partial charge in [-0.2, -0.15) is 28.1 Å². The molecule has 1 atom stereocenters. The van der Waals surface area contributed by atoms with E-state index in [1.807, 2.05) is 31.2 Å². The molecule has 4 N–H and O–H groups in total. The number of aromatic nitrogens is 3. The molecule has 0 aliphatic heterocycles. The van der Waals surface area contributed by atoms with Crippen molar-refractivity contribution >= 4 is 40.6 Å². The number of amides is 2. The number of hydrogen-bond acceptors (Lipinski definition) is 10. The zero-order valence-corrected chi connectivity index (χ0v) is 25.0. The summed E-state index contributed by atoms with van der Waals surface area (Å²) in [6, 6.07) is 13.3. The van der Waals surface area contributed by atoms with Crippen LogP contribution in [0.15, 0.2) is 48.5 Å². The molecule has 2 aromatic carbocycles. The molecule has 1 fully saturated rings. The fourth-order valence-electron chi connectivity index (χ4n) is 3.93. The van der Waals surface area contributed by atoms with Crippen LogP contribution in [0.2, 0.25) is 0 Å². The van der Waals surface area contributed by atoms with Crippen molar-refractivity contribution in [2.24, 2.45) is 0 Å². The van der Waals surface area contributed by atoms with Gasteiger partial charge in [0.25, 0.3) is 5.91 Å². The fraction of sp³-hybridized carbons (Fsp3) is 0.393. The van der Waals surface area contributed by atoms with Crippen LogP contribution in [-0.2, 0) is 21.3 Å². The van der Waals surface area contributed by atoms with Crippen LogP contribution in [0.25, 0.3) is 0 Å². The molecule has 12 nitrogen and oxygen atoms in total. The molecule has 0 saturated heterocycles. The Hall–Kier alpha value is -4.47. The van der Waals surface area contributed by atoms with Crippen LogP contribution in [0.1, 0.15) is 48.2 Å². The monoisotopic (exact) mass is 635 g/mol. The highest BCUT2D eigenvalue weighted by Gasteiger charge is 2.45. The van der Waals surface area contributed by atoms with Gasteiger partial charge in [0, 0.05) is 17.8 Å². The molecule has 0 radical (unpaired) electrons. The van der Waals surface area contributed by atoms with Crippen molar-refractivity contribution in [3.05, 3.63) is 65.2 Å². The Labute approximate surface area is 254 Å². The summed E-state index contributed by atoms with van der Waals surface area (Å²) in [5.74, 6) is -0.692. The summed E-state index contributed by atoms with van der Waals surface area (Å²) < 4.78 is 62.8. The molecule has 236 valence electrons. The average molecular weight is 636 g/mol. The number of nitrogens with zero attached hydrogens (tertiary/aromatic N) is 3. The van der Waals surface area contributed by atoms with E-state index < -0.39 is 47.3 Å². The van der Waals surface area contributed by atoms with Crippen LogP contribution in [0.5, 0.6) is 6.01 Å². The number of alkyl halides is 3. The molecule has 0 bridgehead atoms. The lowest BCUT2D eigenvalue weighted by molar-refractivity contribution is -0.154. The highest BCUT2D eigenvalue weighted by atomic mass is 32.2. The molecular formula is C28H32F3N7O5S. The number of anilines is 3. The first-order valence-corrected chi connectivity index (χ1v) is 14.9. The summed E-state index contributed by atoms with van der Waals surface area (Å²) in [7, 11) is -1.76. The summed E-state index contributed by atoms with van der Waals surface area (Å²) in [5, 5.41) is 8.55. The van der Waals surface area contributed by atoms with E-state index in [1.165, 1.54) is 24.3 Å². The van der Waals surface area contributed by atoms with Crippen molar-refractivity contribution in [2.75, 3.05) is 29.5 Å². The first kappa shape index (κ1) is 32.4. The van der Waals surface area contributed by atoms with Gasteiger partial charge in [0.15, 0.2) is 6.61 Å². The SMILES string of the molecule is Cc1ccc(C2(Nc3nc(Nc4ccc(C(=O)NS(=O)CCNC(=O)OC(C)C)cc4)nc(OCC(F)(F)F)n3)CC2)cc1. The number of ether oxygens (including phenoxy) is 2. The summed E-state index contributed by atoms with van der Waals surface area (Å²) >= 11 is 0. The summed E-state index contributed by atoms with van der Waals surface area (Å²) in [5.41, 5.74) is 2.23. The second kappa shape index (κ2) is 13.9. The van der Waals surface area contributed by atoms with E-state index in [1.54, 1.807) is 13.8 Å². The Morgan fingerprint density at radius 2 is 1.66 bits per heavy atom. The van der Waals surface area contributed by atoms with E-state index in [4.69, 9.17) is 9.47 Å². The fourth-order valence-corrected chi connectivity index (χ4v) is 4.64. The number of rotatable bonds is 13. The van der Waals surface area contributed by atoms with Crippen LogP contribution >= 0.6 is 0 Å². The minimum absolute atomic E-state index is 0.0295. The number of carbonyl (C=O) groups excluding carboxylic acids is 2. The molecule has 1 aliphatic carbocycles. The van der Waals surface area contributed by atoms with E-state index in [-0.39, 0.29) is 35.9 Å². The number of carbonyl (C=O) groups is 2. The zero-order chi connectivity index (χ0) is 31.9. The van der Waals surface area contributed by atoms with E-state index >= 15 is 0 Å². The van der Waals surface area contributed by atoms with Crippen LogP contribution in [0, 0.1) is 6.92 Å². The van der Waals surface area contributed by atoms with Gasteiger partial charge in [0.05, 0.1) is 17.4 Å². The van der Waals surface area contributed by atoms with Crippen LogP contribution in [-0.4, -0.2) is 62.3 Å². The third-order valence-electron chi connectivity index (χ3n) is 6.19. The maximum Gasteiger partial charge on any atom is 0.422 e. The second-order valence-electron chi connectivity index (χ2n) is 10.3. The van der Waals surface area contributed by atoms with Gasteiger partial charge in [-0.1, -0.05) is 29.8 Å². The van der Waals surface area contributed by atoms with Gasteiger partial charge in [-0.25, -0.2) is 9.00 Å². The molecule has 16 heteroatoms. The lowest BCUT2D eigenvalue weighted by atomic mass is 10.0. The Morgan fingerprint density at radius 3 is 2.27 bits per heavy atom. The molecule has 1 heterocycles. The Balaban J connectivity index is 1.41. The van der Waals surface area contributed by atoms with Crippen molar-refractivity contribution in [2.45, 2.75) is 51.4 Å². The second-order valence-corrected chi connectivity index (χ2v) is 11.6. The highest BCUT2D eigenvalue weighted by molar-refractivity contribution is 7.83. The normalized spacial score (nSPS) is 14.3. The largest absolute Gasteiger partial charge is 0.454 e. The third kappa shape index (κ3) is 9.79. The smallest absolute Gasteiger partial charge is 0.422 e. The van der Waals surface area contributed by atoms with Crippen LogP contribution < -0.4 is 25.4 Å². The quantitative estimate of drug-likeness (QED) is 0.211. The average Bonchev–Trinajstić information content (AvgIpc) is 3.72. The molecular weight excluding hydrogens is 603 g/mol. The number of benzene rings is 2. The van der Waals surface area contributed by atoms with Crippen molar-refractivity contribution in [3.63, 3.8) is 0 Å². The Morgan fingerprint density at radius 1 is 1.00 bits per heavy atom. The van der Waals surface area contributed by atoms with Crippen molar-refractivity contribution in [1.82, 2.24) is 25.0 Å². The van der Waals surface area contributed by atoms with Crippen molar-refractivity contribution < 1.29 is 36.4 Å². The molecule has 1 unspecified atom stereocenters. The first-order chi connectivity index (χ1) is 20.8. The molecule has 1 aromatic heterocycles. The minimum atomic E-state index is -4.59. The number of nitrogens with one attached hydrogen (secondary N) is 4. The minimum Gasteiger partial charge on any atom is -0.454 e. The number of hydrogen-bond donors (Lipinski definition) is 4. The molecule has 1 aliphatic rings. The summed E-state index contributed by atoms with van der Waals surface area (Å²) in [6.45, 7) is 3.81. The van der Waals surface area contributed by atoms with E-state index in [9.17, 15) is 27.0 Å². The van der Waals surface area contributed by atoms with Gasteiger partial charge in [-0.15, -0.1) is 0 Å².